The quantitative estimate of drug-likeness (QED) is 0.912. The van der Waals surface area contributed by atoms with Crippen LogP contribution in [0, 0.1) is 17.2 Å². The SMILES string of the molecule is CCc1[nH]nc2c1C(c1ccccc1)(C1CC1)C(C#N)=C(N)O2. The zero-order valence-corrected chi connectivity index (χ0v) is 13.0. The van der Waals surface area contributed by atoms with Crippen molar-refractivity contribution < 1.29 is 4.74 Å². The average molecular weight is 306 g/mol. The van der Waals surface area contributed by atoms with Crippen LogP contribution in [0.25, 0.3) is 0 Å². The number of aromatic amines is 1. The van der Waals surface area contributed by atoms with Gasteiger partial charge in [0.2, 0.25) is 11.8 Å². The van der Waals surface area contributed by atoms with Crippen molar-refractivity contribution in [2.45, 2.75) is 31.6 Å². The molecule has 1 aliphatic carbocycles. The first kappa shape index (κ1) is 13.9. The summed E-state index contributed by atoms with van der Waals surface area (Å²) in [6.45, 7) is 2.07. The lowest BCUT2D eigenvalue weighted by Gasteiger charge is -2.38. The predicted molar refractivity (Wildman–Crippen MR) is 85.4 cm³/mol. The van der Waals surface area contributed by atoms with Crippen molar-refractivity contribution in [3.05, 3.63) is 58.6 Å². The van der Waals surface area contributed by atoms with E-state index in [1.807, 2.05) is 18.2 Å². The van der Waals surface area contributed by atoms with Gasteiger partial charge in [-0.1, -0.05) is 37.3 Å². The van der Waals surface area contributed by atoms with Crippen LogP contribution in [-0.4, -0.2) is 10.2 Å². The van der Waals surface area contributed by atoms with E-state index in [0.29, 0.717) is 17.4 Å². The second kappa shape index (κ2) is 4.88. The summed E-state index contributed by atoms with van der Waals surface area (Å²) in [5.41, 5.74) is 9.16. The molecular formula is C18H18N4O. The third-order valence-electron chi connectivity index (χ3n) is 4.93. The van der Waals surface area contributed by atoms with Crippen LogP contribution in [0.5, 0.6) is 5.88 Å². The van der Waals surface area contributed by atoms with Crippen molar-refractivity contribution in [1.29, 1.82) is 5.26 Å². The number of aryl methyl sites for hydroxylation is 1. The van der Waals surface area contributed by atoms with E-state index in [-0.39, 0.29) is 5.88 Å². The number of rotatable bonds is 3. The van der Waals surface area contributed by atoms with Gasteiger partial charge in [-0.3, -0.25) is 5.10 Å². The van der Waals surface area contributed by atoms with Crippen LogP contribution < -0.4 is 10.5 Å². The maximum Gasteiger partial charge on any atom is 0.244 e. The molecule has 2 heterocycles. The molecule has 1 atom stereocenters. The van der Waals surface area contributed by atoms with E-state index in [2.05, 4.69) is 35.3 Å². The summed E-state index contributed by atoms with van der Waals surface area (Å²) < 4.78 is 5.67. The maximum atomic E-state index is 9.86. The lowest BCUT2D eigenvalue weighted by molar-refractivity contribution is 0.344. The van der Waals surface area contributed by atoms with Gasteiger partial charge in [-0.25, -0.2) is 0 Å². The van der Waals surface area contributed by atoms with Crippen LogP contribution in [0.15, 0.2) is 41.8 Å². The van der Waals surface area contributed by atoms with Crippen molar-refractivity contribution in [3.8, 4) is 11.9 Å². The molecule has 0 amide bonds. The van der Waals surface area contributed by atoms with Crippen molar-refractivity contribution in [1.82, 2.24) is 10.2 Å². The van der Waals surface area contributed by atoms with E-state index in [0.717, 1.165) is 36.1 Å². The smallest absolute Gasteiger partial charge is 0.244 e. The van der Waals surface area contributed by atoms with Crippen LogP contribution in [-0.2, 0) is 11.8 Å². The molecule has 0 bridgehead atoms. The van der Waals surface area contributed by atoms with Crippen molar-refractivity contribution in [2.24, 2.45) is 11.7 Å². The number of hydrogen-bond donors (Lipinski definition) is 2. The van der Waals surface area contributed by atoms with E-state index in [4.69, 9.17) is 10.5 Å². The van der Waals surface area contributed by atoms with Crippen LogP contribution in [0.3, 0.4) is 0 Å². The highest BCUT2D eigenvalue weighted by Gasteiger charge is 2.56. The molecule has 5 nitrogen and oxygen atoms in total. The Labute approximate surface area is 134 Å². The van der Waals surface area contributed by atoms with Crippen molar-refractivity contribution >= 4 is 0 Å². The van der Waals surface area contributed by atoms with Crippen LogP contribution in [0.1, 0.15) is 36.6 Å². The molecule has 1 fully saturated rings. The van der Waals surface area contributed by atoms with Crippen molar-refractivity contribution in [3.63, 3.8) is 0 Å². The molecular weight excluding hydrogens is 288 g/mol. The minimum Gasteiger partial charge on any atom is -0.420 e. The Kier molecular flexibility index (Phi) is 2.95. The van der Waals surface area contributed by atoms with Crippen LogP contribution in [0.2, 0.25) is 0 Å². The zero-order chi connectivity index (χ0) is 16.0. The molecule has 4 rings (SSSR count). The molecule has 23 heavy (non-hydrogen) atoms. The number of nitrogens with two attached hydrogens (primary N) is 1. The number of nitriles is 1. The van der Waals surface area contributed by atoms with Gasteiger partial charge in [0.1, 0.15) is 11.6 Å². The van der Waals surface area contributed by atoms with Gasteiger partial charge >= 0.3 is 0 Å². The fourth-order valence-corrected chi connectivity index (χ4v) is 3.86. The normalized spacial score (nSPS) is 23.1. The number of allylic oxidation sites excluding steroid dienone is 1. The second-order valence-corrected chi connectivity index (χ2v) is 6.14. The van der Waals surface area contributed by atoms with Gasteiger partial charge in [-0.05, 0) is 30.7 Å². The summed E-state index contributed by atoms with van der Waals surface area (Å²) in [7, 11) is 0. The predicted octanol–water partition coefficient (Wildman–Crippen LogP) is 2.75. The van der Waals surface area contributed by atoms with Crippen LogP contribution in [0.4, 0.5) is 0 Å². The molecule has 1 unspecified atom stereocenters. The lowest BCUT2D eigenvalue weighted by Crippen LogP contribution is -2.39. The molecule has 3 N–H and O–H groups in total. The molecule has 5 heteroatoms. The third kappa shape index (κ3) is 1.75. The van der Waals surface area contributed by atoms with Gasteiger partial charge in [-0.2, -0.15) is 5.26 Å². The zero-order valence-electron chi connectivity index (χ0n) is 13.0. The van der Waals surface area contributed by atoms with E-state index in [9.17, 15) is 5.26 Å². The number of hydrogen-bond acceptors (Lipinski definition) is 4. The van der Waals surface area contributed by atoms with Gasteiger partial charge in [0.25, 0.3) is 0 Å². The van der Waals surface area contributed by atoms with Gasteiger partial charge in [0.15, 0.2) is 0 Å². The molecule has 1 aromatic heterocycles. The average Bonchev–Trinajstić information content (AvgIpc) is 3.35. The van der Waals surface area contributed by atoms with E-state index >= 15 is 0 Å². The van der Waals surface area contributed by atoms with E-state index in [1.54, 1.807) is 0 Å². The number of H-pyrrole nitrogens is 1. The minimum absolute atomic E-state index is 0.171. The van der Waals surface area contributed by atoms with Crippen molar-refractivity contribution in [2.75, 3.05) is 0 Å². The second-order valence-electron chi connectivity index (χ2n) is 6.14. The van der Waals surface area contributed by atoms with Gasteiger partial charge in [-0.15, -0.1) is 5.10 Å². The Balaban J connectivity index is 2.10. The third-order valence-corrected chi connectivity index (χ3v) is 4.93. The van der Waals surface area contributed by atoms with Crippen LogP contribution >= 0.6 is 0 Å². The molecule has 2 aliphatic rings. The Morgan fingerprint density at radius 3 is 2.74 bits per heavy atom. The Morgan fingerprint density at radius 2 is 2.13 bits per heavy atom. The topological polar surface area (TPSA) is 87.7 Å². The number of benzene rings is 1. The molecule has 0 spiro atoms. The number of nitrogens with zero attached hydrogens (tertiary/aromatic N) is 2. The summed E-state index contributed by atoms with van der Waals surface area (Å²) in [6.07, 6.45) is 2.94. The highest BCUT2D eigenvalue weighted by Crippen LogP contribution is 2.59. The number of nitrogens with one attached hydrogen (secondary N) is 1. The molecule has 2 aromatic rings. The fourth-order valence-electron chi connectivity index (χ4n) is 3.86. The molecule has 0 radical (unpaired) electrons. The first-order valence-corrected chi connectivity index (χ1v) is 7.94. The summed E-state index contributed by atoms with van der Waals surface area (Å²) >= 11 is 0. The van der Waals surface area contributed by atoms with E-state index < -0.39 is 5.41 Å². The minimum atomic E-state index is -0.550. The Morgan fingerprint density at radius 1 is 1.39 bits per heavy atom. The molecule has 1 aliphatic heterocycles. The molecule has 116 valence electrons. The highest BCUT2D eigenvalue weighted by atomic mass is 16.5. The maximum absolute atomic E-state index is 9.86. The van der Waals surface area contributed by atoms with E-state index in [1.165, 1.54) is 0 Å². The molecule has 1 aromatic carbocycles. The van der Waals surface area contributed by atoms with Gasteiger partial charge < -0.3 is 10.5 Å². The van der Waals surface area contributed by atoms with Gasteiger partial charge in [0.05, 0.1) is 11.0 Å². The first-order valence-electron chi connectivity index (χ1n) is 7.94. The Hall–Kier alpha value is -2.74. The van der Waals surface area contributed by atoms with Gasteiger partial charge in [0, 0.05) is 5.69 Å². The first-order chi connectivity index (χ1) is 11.2. The number of ether oxygens (including phenoxy) is 1. The molecule has 0 saturated heterocycles. The summed E-state index contributed by atoms with van der Waals surface area (Å²) in [4.78, 5) is 0. The fraction of sp³-hybridized carbons (Fsp3) is 0.333. The monoisotopic (exact) mass is 306 g/mol. The lowest BCUT2D eigenvalue weighted by atomic mass is 9.65. The molecule has 1 saturated carbocycles. The largest absolute Gasteiger partial charge is 0.420 e. The Bertz CT molecular complexity index is 826. The summed E-state index contributed by atoms with van der Waals surface area (Å²) in [5, 5.41) is 17.2. The highest BCUT2D eigenvalue weighted by molar-refractivity contribution is 5.62. The number of aromatic nitrogens is 2. The summed E-state index contributed by atoms with van der Waals surface area (Å²) in [6, 6.07) is 12.5. The standard InChI is InChI=1S/C18H18N4O/c1-2-14-15-17(22-21-14)23-16(20)13(10-19)18(15,12-8-9-12)11-6-4-3-5-7-11/h3-7,12H,2,8-9,20H2,1H3,(H,21,22). The number of fused-ring (bicyclic) bond motifs is 1. The summed E-state index contributed by atoms with van der Waals surface area (Å²) in [5.74, 6) is 1.03.